The average molecular weight is 669 g/mol. The quantitative estimate of drug-likeness (QED) is 0.0701. The highest BCUT2D eigenvalue weighted by atomic mass is 32.3. The summed E-state index contributed by atoms with van der Waals surface area (Å²) in [7, 11) is -6.82. The average Bonchev–Trinajstić information content (AvgIpc) is 2.91. The topological polar surface area (TPSA) is 281 Å². The minimum Gasteiger partial charge on any atom is -0.394 e. The summed E-state index contributed by atoms with van der Waals surface area (Å²) in [5.74, 6) is 0. The monoisotopic (exact) mass is 668 g/mol. The molecule has 0 aromatic rings. The maximum Gasteiger partial charge on any atom is 0.397 e. The molecular formula is C23H44O18SSi. The lowest BCUT2D eigenvalue weighted by Gasteiger charge is -2.49. The minimum atomic E-state index is -5.22. The van der Waals surface area contributed by atoms with E-state index in [0.717, 1.165) is 0 Å². The van der Waals surface area contributed by atoms with Crippen molar-refractivity contribution in [2.45, 2.75) is 125 Å². The number of aliphatic hydroxyl groups is 8. The fourth-order valence-corrected chi connectivity index (χ4v) is 6.07. The summed E-state index contributed by atoms with van der Waals surface area (Å²) in [6, 6.07) is 0.670. The summed E-state index contributed by atoms with van der Waals surface area (Å²) in [4.78, 5) is 0. The Morgan fingerprint density at radius 1 is 0.674 bits per heavy atom. The van der Waals surface area contributed by atoms with Crippen molar-refractivity contribution in [3.05, 3.63) is 0 Å². The van der Waals surface area contributed by atoms with Crippen LogP contribution in [-0.4, -0.2) is 174 Å². The van der Waals surface area contributed by atoms with E-state index < -0.39 is 124 Å². The van der Waals surface area contributed by atoms with Crippen LogP contribution in [0.1, 0.15) is 6.92 Å². The molecule has 0 radical (unpaired) electrons. The maximum atomic E-state index is 11.4. The van der Waals surface area contributed by atoms with Crippen molar-refractivity contribution < 1.29 is 86.4 Å². The first-order chi connectivity index (χ1) is 19.9. The molecule has 3 saturated heterocycles. The van der Waals surface area contributed by atoms with Gasteiger partial charge in [-0.15, -0.1) is 0 Å². The van der Waals surface area contributed by atoms with Gasteiger partial charge in [0.25, 0.3) is 0 Å². The van der Waals surface area contributed by atoms with Gasteiger partial charge in [-0.05, 0) is 13.0 Å². The molecule has 3 heterocycles. The highest BCUT2D eigenvalue weighted by Crippen LogP contribution is 2.34. The summed E-state index contributed by atoms with van der Waals surface area (Å²) in [5, 5.41) is 83.1. The van der Waals surface area contributed by atoms with E-state index in [4.69, 9.17) is 33.0 Å². The molecule has 0 aliphatic carbocycles. The molecule has 0 unspecified atom stereocenters. The molecule has 20 heteroatoms. The summed E-state index contributed by atoms with van der Waals surface area (Å²) < 4.78 is 70.3. The van der Waals surface area contributed by atoms with Gasteiger partial charge in [0.1, 0.15) is 67.1 Å². The van der Waals surface area contributed by atoms with Gasteiger partial charge in [0.2, 0.25) is 0 Å². The Hall–Kier alpha value is -0.473. The molecule has 0 aromatic carbocycles. The minimum absolute atomic E-state index is 0.160. The Morgan fingerprint density at radius 2 is 1.21 bits per heavy atom. The number of hydrogen-bond donors (Lipinski definition) is 9. The lowest BCUT2D eigenvalue weighted by atomic mass is 9.96. The predicted octanol–water partition coefficient (Wildman–Crippen LogP) is -4.36. The van der Waals surface area contributed by atoms with Gasteiger partial charge in [0.15, 0.2) is 18.9 Å². The second-order valence-electron chi connectivity index (χ2n) is 12.0. The molecule has 3 fully saturated rings. The molecule has 3 rings (SSSR count). The molecule has 0 amide bonds. The molecule has 9 N–H and O–H groups in total. The first-order valence-electron chi connectivity index (χ1n) is 13.7. The fourth-order valence-electron chi connectivity index (χ4n) is 4.84. The van der Waals surface area contributed by atoms with Crippen LogP contribution in [0.25, 0.3) is 0 Å². The largest absolute Gasteiger partial charge is 0.397 e. The number of hydrogen-bond acceptors (Lipinski definition) is 17. The van der Waals surface area contributed by atoms with Crippen molar-refractivity contribution in [3.8, 4) is 0 Å². The first kappa shape index (κ1) is 37.0. The van der Waals surface area contributed by atoms with Crippen LogP contribution in [0, 0.1) is 0 Å². The third kappa shape index (κ3) is 9.30. The number of rotatable bonds is 12. The maximum absolute atomic E-state index is 11.4. The third-order valence-corrected chi connectivity index (χ3v) is 9.54. The summed E-state index contributed by atoms with van der Waals surface area (Å²) in [6.45, 7) is 6.12. The lowest BCUT2D eigenvalue weighted by Crippen LogP contribution is -2.67. The van der Waals surface area contributed by atoms with Crippen LogP contribution in [0.4, 0.5) is 0 Å². The van der Waals surface area contributed by atoms with Crippen molar-refractivity contribution in [1.29, 1.82) is 0 Å². The van der Waals surface area contributed by atoms with Gasteiger partial charge < -0.3 is 69.3 Å². The second-order valence-corrected chi connectivity index (χ2v) is 18.6. The van der Waals surface area contributed by atoms with Crippen molar-refractivity contribution in [2.24, 2.45) is 0 Å². The van der Waals surface area contributed by atoms with Gasteiger partial charge in [0.05, 0.1) is 19.3 Å². The molecule has 0 bridgehead atoms. The van der Waals surface area contributed by atoms with Crippen LogP contribution in [0.15, 0.2) is 0 Å². The van der Waals surface area contributed by atoms with Crippen molar-refractivity contribution >= 4 is 18.5 Å². The molecule has 0 saturated carbocycles. The normalized spacial score (nSPS) is 44.8. The third-order valence-electron chi connectivity index (χ3n) is 7.37. The van der Waals surface area contributed by atoms with E-state index in [0.29, 0.717) is 6.04 Å². The van der Waals surface area contributed by atoms with E-state index in [-0.39, 0.29) is 6.61 Å². The van der Waals surface area contributed by atoms with Crippen LogP contribution in [0.2, 0.25) is 25.7 Å². The smallest absolute Gasteiger partial charge is 0.394 e. The molecular weight excluding hydrogens is 624 g/mol. The van der Waals surface area contributed by atoms with Gasteiger partial charge in [-0.3, -0.25) is 4.55 Å². The molecule has 0 spiro atoms. The van der Waals surface area contributed by atoms with Crippen molar-refractivity contribution in [3.63, 3.8) is 0 Å². The standard InChI is InChI=1S/C23H44O18SSi/c1-9-12(26)14(28)15(29)22(36-9)40-20-17(31)21(35-5-6-43(2,3)4)38-11(8-25)18(20)39-23-16(30)19(41-42(32,33)34)13(27)10(7-24)37-23/h9-31H,5-8H2,1-4H3,(H,32,33,34)/t9-,10+,11+,12+,13-,14+,15-,16+,17+,18+,19-,20+,21+,22-,23-/m0/s1. The zero-order valence-corrected chi connectivity index (χ0v) is 25.9. The summed E-state index contributed by atoms with van der Waals surface area (Å²) in [6.07, 6.45) is -25.2. The van der Waals surface area contributed by atoms with E-state index in [1.807, 2.05) is 0 Å². The predicted molar refractivity (Wildman–Crippen MR) is 142 cm³/mol. The van der Waals surface area contributed by atoms with E-state index in [9.17, 15) is 49.3 Å². The molecule has 15 atom stereocenters. The Labute approximate surface area is 249 Å². The van der Waals surface area contributed by atoms with Crippen LogP contribution in [-0.2, 0) is 43.0 Å². The van der Waals surface area contributed by atoms with E-state index in [1.54, 1.807) is 0 Å². The SMILES string of the molecule is C[C@@H]1O[C@@H](O[C@@H]2[C@@H](O)[C@H](OCC[Si](C)(C)C)O[C@H](CO)[C@H]2O[C@@H]2O[C@H](CO)[C@H](O)[C@H](OS(=O)(=O)O)[C@H]2O)[C@@H](O)[C@H](O)[C@@H]1O. The van der Waals surface area contributed by atoms with E-state index in [1.165, 1.54) is 6.92 Å². The lowest BCUT2D eigenvalue weighted by molar-refractivity contribution is -0.384. The molecule has 43 heavy (non-hydrogen) atoms. The Morgan fingerprint density at radius 3 is 1.77 bits per heavy atom. The zero-order chi connectivity index (χ0) is 32.4. The molecule has 0 aromatic heterocycles. The van der Waals surface area contributed by atoms with Crippen LogP contribution < -0.4 is 0 Å². The molecule has 3 aliphatic heterocycles. The molecule has 254 valence electrons. The highest BCUT2D eigenvalue weighted by molar-refractivity contribution is 7.80. The highest BCUT2D eigenvalue weighted by Gasteiger charge is 2.55. The number of ether oxygens (including phenoxy) is 6. The zero-order valence-electron chi connectivity index (χ0n) is 24.1. The Bertz CT molecular complexity index is 984. The van der Waals surface area contributed by atoms with Crippen molar-refractivity contribution in [1.82, 2.24) is 0 Å². The number of aliphatic hydroxyl groups excluding tert-OH is 8. The first-order valence-corrected chi connectivity index (χ1v) is 18.8. The Balaban J connectivity index is 1.92. The van der Waals surface area contributed by atoms with Crippen LogP contribution in [0.5, 0.6) is 0 Å². The summed E-state index contributed by atoms with van der Waals surface area (Å²) >= 11 is 0. The molecule has 18 nitrogen and oxygen atoms in total. The van der Waals surface area contributed by atoms with E-state index >= 15 is 0 Å². The van der Waals surface area contributed by atoms with Crippen LogP contribution >= 0.6 is 0 Å². The van der Waals surface area contributed by atoms with Gasteiger partial charge in [-0.25, -0.2) is 4.18 Å². The summed E-state index contributed by atoms with van der Waals surface area (Å²) in [5.41, 5.74) is 0. The molecule has 3 aliphatic rings. The van der Waals surface area contributed by atoms with Crippen LogP contribution in [0.3, 0.4) is 0 Å². The van der Waals surface area contributed by atoms with Crippen molar-refractivity contribution in [2.75, 3.05) is 19.8 Å². The van der Waals surface area contributed by atoms with Gasteiger partial charge in [-0.2, -0.15) is 8.42 Å². The van der Waals surface area contributed by atoms with Gasteiger partial charge >= 0.3 is 10.4 Å². The Kier molecular flexibility index (Phi) is 12.9. The fraction of sp³-hybridized carbons (Fsp3) is 1.00. The van der Waals surface area contributed by atoms with E-state index in [2.05, 4.69) is 23.8 Å². The van der Waals surface area contributed by atoms with Gasteiger partial charge in [-0.1, -0.05) is 19.6 Å². The second kappa shape index (κ2) is 15.0. The van der Waals surface area contributed by atoms with Gasteiger partial charge in [0, 0.05) is 14.7 Å².